The van der Waals surface area contributed by atoms with Crippen LogP contribution in [-0.2, 0) is 18.4 Å². The number of carbonyl (C=O) groups excluding carboxylic acids is 1. The van der Waals surface area contributed by atoms with Crippen LogP contribution >= 0.6 is 7.82 Å². The lowest BCUT2D eigenvalue weighted by Crippen LogP contribution is -2.45. The van der Waals surface area contributed by atoms with Gasteiger partial charge < -0.3 is 19.8 Å². The second-order valence-corrected chi connectivity index (χ2v) is 18.6. The van der Waals surface area contributed by atoms with Crippen LogP contribution in [0.3, 0.4) is 0 Å². The van der Waals surface area contributed by atoms with Crippen LogP contribution in [0.4, 0.5) is 0 Å². The molecule has 0 aromatic carbocycles. The van der Waals surface area contributed by atoms with E-state index in [0.29, 0.717) is 17.4 Å². The molecule has 0 aromatic rings. The second-order valence-electron chi connectivity index (χ2n) is 17.1. The van der Waals surface area contributed by atoms with Crippen LogP contribution in [0.5, 0.6) is 0 Å². The summed E-state index contributed by atoms with van der Waals surface area (Å²) >= 11 is 0. The summed E-state index contributed by atoms with van der Waals surface area (Å²) in [4.78, 5) is 23.1. The number of aliphatic hydroxyl groups is 1. The van der Waals surface area contributed by atoms with E-state index in [2.05, 4.69) is 42.6 Å². The predicted molar refractivity (Wildman–Crippen MR) is 244 cm³/mol. The molecule has 3 N–H and O–H groups in total. The molecule has 3 unspecified atom stereocenters. The number of aliphatic hydroxyl groups excluding tert-OH is 1. The van der Waals surface area contributed by atoms with E-state index < -0.39 is 20.0 Å². The maximum atomic E-state index is 12.8. The molecule has 9 heteroatoms. The third-order valence-electron chi connectivity index (χ3n) is 10.3. The zero-order chi connectivity index (χ0) is 42.1. The number of quaternary nitrogens is 1. The van der Waals surface area contributed by atoms with E-state index in [-0.39, 0.29) is 19.1 Å². The largest absolute Gasteiger partial charge is 0.472 e. The normalized spacial score (nSPS) is 14.7. The van der Waals surface area contributed by atoms with E-state index >= 15 is 0 Å². The lowest BCUT2D eigenvalue weighted by Gasteiger charge is -2.25. The van der Waals surface area contributed by atoms with E-state index in [1.54, 1.807) is 6.08 Å². The monoisotopic (exact) mass is 824 g/mol. The van der Waals surface area contributed by atoms with Crippen molar-refractivity contribution in [1.29, 1.82) is 0 Å². The summed E-state index contributed by atoms with van der Waals surface area (Å²) in [6, 6.07) is -0.868. The van der Waals surface area contributed by atoms with Crippen LogP contribution in [-0.4, -0.2) is 73.4 Å². The number of nitrogens with zero attached hydrogens (tertiary/aromatic N) is 1. The molecule has 0 saturated heterocycles. The van der Waals surface area contributed by atoms with E-state index in [4.69, 9.17) is 9.05 Å². The average molecular weight is 824 g/mol. The Balaban J connectivity index is 4.13. The van der Waals surface area contributed by atoms with Crippen LogP contribution in [0.25, 0.3) is 0 Å². The van der Waals surface area contributed by atoms with Crippen molar-refractivity contribution in [3.63, 3.8) is 0 Å². The number of allylic oxidation sites excluding steroid dienone is 7. The van der Waals surface area contributed by atoms with Gasteiger partial charge in [0.15, 0.2) is 0 Å². The summed E-state index contributed by atoms with van der Waals surface area (Å²) in [7, 11) is 1.54. The predicted octanol–water partition coefficient (Wildman–Crippen LogP) is 13.2. The Hall–Kier alpha value is -1.54. The topological polar surface area (TPSA) is 105 Å². The Labute approximate surface area is 352 Å². The molecule has 57 heavy (non-hydrogen) atoms. The molecule has 0 saturated carbocycles. The first-order valence-electron chi connectivity index (χ1n) is 23.5. The SMILES string of the molecule is C/C=C/CC/C=C/CC/C=C/C(O)C(COP(=O)(O)OCC[N+](C)(C)C)NC(=O)CCCCCCCCCCCC/C=C\CCCCCCCCCCCCCC. The molecule has 0 aliphatic rings. The summed E-state index contributed by atoms with van der Waals surface area (Å²) in [5, 5.41) is 13.7. The van der Waals surface area contributed by atoms with Crippen molar-refractivity contribution in [2.45, 2.75) is 212 Å². The molecular weight excluding hydrogens is 732 g/mol. The molecule has 0 radical (unpaired) electrons. The number of likely N-dealkylation sites (N-methyl/N-ethyl adjacent to an activating group) is 1. The minimum absolute atomic E-state index is 0.0520. The molecule has 0 heterocycles. The van der Waals surface area contributed by atoms with Crippen molar-refractivity contribution in [2.75, 3.05) is 40.9 Å². The van der Waals surface area contributed by atoms with Crippen molar-refractivity contribution in [1.82, 2.24) is 5.32 Å². The van der Waals surface area contributed by atoms with Gasteiger partial charge in [0.1, 0.15) is 13.2 Å². The fraction of sp³-hybridized carbons (Fsp3) is 0.812. The quantitative estimate of drug-likeness (QED) is 0.0245. The summed E-state index contributed by atoms with van der Waals surface area (Å²) in [5.41, 5.74) is 0. The number of carbonyl (C=O) groups is 1. The van der Waals surface area contributed by atoms with Crippen molar-refractivity contribution in [3.8, 4) is 0 Å². The first-order valence-corrected chi connectivity index (χ1v) is 25.0. The number of hydrogen-bond acceptors (Lipinski definition) is 5. The van der Waals surface area contributed by atoms with Gasteiger partial charge in [0.05, 0.1) is 39.9 Å². The van der Waals surface area contributed by atoms with Crippen molar-refractivity contribution in [3.05, 3.63) is 48.6 Å². The number of rotatable bonds is 42. The molecule has 0 fully saturated rings. The highest BCUT2D eigenvalue weighted by atomic mass is 31.2. The summed E-state index contributed by atoms with van der Waals surface area (Å²) in [6.45, 7) is 4.55. The van der Waals surface area contributed by atoms with Gasteiger partial charge in [0.2, 0.25) is 5.91 Å². The van der Waals surface area contributed by atoms with E-state index in [1.807, 2.05) is 40.2 Å². The fourth-order valence-corrected chi connectivity index (χ4v) is 7.34. The lowest BCUT2D eigenvalue weighted by molar-refractivity contribution is -0.870. The van der Waals surface area contributed by atoms with E-state index in [9.17, 15) is 19.4 Å². The van der Waals surface area contributed by atoms with Gasteiger partial charge in [-0.3, -0.25) is 13.8 Å². The minimum atomic E-state index is -4.34. The van der Waals surface area contributed by atoms with Crippen LogP contribution in [0.15, 0.2) is 48.6 Å². The maximum absolute atomic E-state index is 12.8. The zero-order valence-corrected chi connectivity index (χ0v) is 38.7. The molecular formula is C48H92N2O6P+. The Morgan fingerprint density at radius 3 is 1.51 bits per heavy atom. The van der Waals surface area contributed by atoms with Crippen molar-refractivity contribution < 1.29 is 32.9 Å². The Morgan fingerprint density at radius 2 is 1.04 bits per heavy atom. The van der Waals surface area contributed by atoms with Crippen LogP contribution in [0, 0.1) is 0 Å². The van der Waals surface area contributed by atoms with Gasteiger partial charge in [0.25, 0.3) is 0 Å². The van der Waals surface area contributed by atoms with Gasteiger partial charge in [-0.05, 0) is 64.7 Å². The highest BCUT2D eigenvalue weighted by Gasteiger charge is 2.27. The average Bonchev–Trinajstić information content (AvgIpc) is 3.16. The first-order chi connectivity index (χ1) is 27.5. The molecule has 0 rings (SSSR count). The van der Waals surface area contributed by atoms with Gasteiger partial charge in [-0.1, -0.05) is 178 Å². The lowest BCUT2D eigenvalue weighted by atomic mass is 10.0. The molecule has 1 amide bonds. The molecule has 0 aliphatic heterocycles. The van der Waals surface area contributed by atoms with Crippen LogP contribution < -0.4 is 5.32 Å². The third kappa shape index (κ3) is 42.4. The van der Waals surface area contributed by atoms with E-state index in [0.717, 1.165) is 44.9 Å². The standard InChI is InChI=1S/C48H91N2O6P/c1-6-8-10-12-14-16-17-18-19-20-21-22-23-24-25-26-27-28-29-30-31-32-34-36-38-40-42-48(52)49-46(45-56-57(53,54)55-44-43-50(3,4)5)47(51)41-39-37-35-33-15-13-11-9-7-2/h7,9,15,24-25,33,39,41,46-47,51H,6,8,10-14,16-23,26-32,34-38,40,42-45H2,1-5H3,(H-,49,52,53,54)/p+1/b9-7+,25-24-,33-15+,41-39+. The summed E-state index contributed by atoms with van der Waals surface area (Å²) < 4.78 is 23.5. The summed E-state index contributed by atoms with van der Waals surface area (Å²) in [5.74, 6) is -0.196. The number of unbranched alkanes of at least 4 members (excludes halogenated alkanes) is 24. The molecule has 8 nitrogen and oxygen atoms in total. The number of phosphoric ester groups is 1. The smallest absolute Gasteiger partial charge is 0.387 e. The molecule has 0 bridgehead atoms. The van der Waals surface area contributed by atoms with Gasteiger partial charge in [-0.2, -0.15) is 0 Å². The van der Waals surface area contributed by atoms with Gasteiger partial charge in [-0.15, -0.1) is 0 Å². The highest BCUT2D eigenvalue weighted by Crippen LogP contribution is 2.43. The minimum Gasteiger partial charge on any atom is -0.387 e. The van der Waals surface area contributed by atoms with Crippen LogP contribution in [0.1, 0.15) is 200 Å². The fourth-order valence-electron chi connectivity index (χ4n) is 6.60. The first kappa shape index (κ1) is 55.5. The zero-order valence-electron chi connectivity index (χ0n) is 37.8. The highest BCUT2D eigenvalue weighted by molar-refractivity contribution is 7.47. The Morgan fingerprint density at radius 1 is 0.614 bits per heavy atom. The molecule has 0 aliphatic carbocycles. The van der Waals surface area contributed by atoms with Crippen molar-refractivity contribution >= 4 is 13.7 Å². The molecule has 0 aromatic heterocycles. The maximum Gasteiger partial charge on any atom is 0.472 e. The molecule has 0 spiro atoms. The molecule has 3 atom stereocenters. The number of phosphoric acid groups is 1. The van der Waals surface area contributed by atoms with Crippen molar-refractivity contribution in [2.24, 2.45) is 0 Å². The third-order valence-corrected chi connectivity index (χ3v) is 11.3. The summed E-state index contributed by atoms with van der Waals surface area (Å²) in [6.07, 6.45) is 50.9. The molecule has 334 valence electrons. The Bertz CT molecular complexity index is 1070. The number of nitrogens with one attached hydrogen (secondary N) is 1. The Kier molecular flexibility index (Phi) is 38.8. The van der Waals surface area contributed by atoms with Gasteiger partial charge >= 0.3 is 7.82 Å². The number of amides is 1. The number of hydrogen-bond donors (Lipinski definition) is 3. The second kappa shape index (κ2) is 39.9. The van der Waals surface area contributed by atoms with Gasteiger partial charge in [0, 0.05) is 6.42 Å². The van der Waals surface area contributed by atoms with E-state index in [1.165, 1.54) is 135 Å². The van der Waals surface area contributed by atoms with Crippen LogP contribution in [0.2, 0.25) is 0 Å². The van der Waals surface area contributed by atoms with Gasteiger partial charge in [-0.25, -0.2) is 4.57 Å².